The van der Waals surface area contributed by atoms with Crippen molar-refractivity contribution in [2.45, 2.75) is 38.5 Å². The first-order valence-corrected chi connectivity index (χ1v) is 16.1. The van der Waals surface area contributed by atoms with Crippen molar-refractivity contribution in [3.8, 4) is 11.8 Å². The van der Waals surface area contributed by atoms with Crippen molar-refractivity contribution in [3.63, 3.8) is 0 Å². The maximum Gasteiger partial charge on any atom is 0.232 e. The second kappa shape index (κ2) is 20.6. The molecular formula is C24H34Cl4N4O2S2. The number of ether oxygens (including phenoxy) is 2. The van der Waals surface area contributed by atoms with E-state index in [1.54, 1.807) is 24.5 Å². The van der Waals surface area contributed by atoms with Gasteiger partial charge in [-0.1, -0.05) is 68.0 Å². The first-order valence-electron chi connectivity index (χ1n) is 12.1. The minimum Gasteiger partial charge on any atom is -0.477 e. The number of hydrogen-bond donors (Lipinski definition) is 2. The van der Waals surface area contributed by atoms with E-state index in [4.69, 9.17) is 55.9 Å². The summed E-state index contributed by atoms with van der Waals surface area (Å²) < 4.78 is 11.2. The summed E-state index contributed by atoms with van der Waals surface area (Å²) in [7, 11) is 3.85. The van der Waals surface area contributed by atoms with Crippen LogP contribution >= 0.6 is 68.0 Å². The Bertz CT molecular complexity index is 801. The number of unbranched alkanes of at least 4 members (excludes halogenated alkanes) is 4. The van der Waals surface area contributed by atoms with Crippen molar-refractivity contribution in [3.05, 3.63) is 44.6 Å². The lowest BCUT2D eigenvalue weighted by Crippen LogP contribution is -2.19. The second-order valence-electron chi connectivity index (χ2n) is 7.84. The van der Waals surface area contributed by atoms with Gasteiger partial charge in [-0.15, -0.1) is 0 Å². The van der Waals surface area contributed by atoms with Gasteiger partial charge in [0.05, 0.1) is 23.3 Å². The van der Waals surface area contributed by atoms with Gasteiger partial charge in [-0.3, -0.25) is 0 Å². The number of pyridine rings is 2. The summed E-state index contributed by atoms with van der Waals surface area (Å²) in [6.45, 7) is 5.35. The van der Waals surface area contributed by atoms with E-state index in [-0.39, 0.29) is 0 Å². The highest BCUT2D eigenvalue weighted by atomic mass is 35.5. The smallest absolute Gasteiger partial charge is 0.232 e. The van der Waals surface area contributed by atoms with Gasteiger partial charge in [0.2, 0.25) is 11.8 Å². The molecule has 0 aliphatic carbocycles. The molecule has 0 fully saturated rings. The summed E-state index contributed by atoms with van der Waals surface area (Å²) in [6.07, 6.45) is 9.50. The van der Waals surface area contributed by atoms with E-state index in [2.05, 4.69) is 20.6 Å². The van der Waals surface area contributed by atoms with Gasteiger partial charge in [0.1, 0.15) is 10.0 Å². The average Bonchev–Trinajstić information content (AvgIpc) is 2.85. The third-order valence-electron chi connectivity index (χ3n) is 4.83. The molecule has 2 N–H and O–H groups in total. The predicted octanol–water partition coefficient (Wildman–Crippen LogP) is 7.45. The molecule has 0 unspecified atom stereocenters. The highest BCUT2D eigenvalue weighted by Crippen LogP contribution is 2.25. The number of nitrogens with one attached hydrogen (secondary N) is 2. The molecule has 2 heterocycles. The maximum absolute atomic E-state index is 6.04. The zero-order chi connectivity index (χ0) is 25.8. The van der Waals surface area contributed by atoms with Crippen LogP contribution in [0, 0.1) is 0 Å². The minimum atomic E-state index is 0.448. The lowest BCUT2D eigenvalue weighted by Gasteiger charge is -2.08. The van der Waals surface area contributed by atoms with E-state index in [1.807, 2.05) is 21.6 Å². The topological polar surface area (TPSA) is 68.3 Å². The van der Waals surface area contributed by atoms with E-state index in [0.29, 0.717) is 45.1 Å². The standard InChI is InChI=1S/C24H34Cl4N4O2S2/c25-19-15-21(27)23(31-17-19)33-11-5-1-3-7-29-9-13-35-36-14-10-30-8-4-2-6-12-34-24-22(28)16-20(26)18-32-24/h15-18,29-30H,1-14H2. The van der Waals surface area contributed by atoms with Crippen LogP contribution in [0.15, 0.2) is 24.5 Å². The molecule has 0 saturated heterocycles. The monoisotopic (exact) mass is 614 g/mol. The molecule has 12 heteroatoms. The van der Waals surface area contributed by atoms with Crippen LogP contribution in [0.2, 0.25) is 20.1 Å². The van der Waals surface area contributed by atoms with Crippen LogP contribution in [0.25, 0.3) is 0 Å². The molecule has 0 aliphatic heterocycles. The SMILES string of the molecule is Clc1cnc(OCCCCCNCCSSCCNCCCCCOc2ncc(Cl)cc2Cl)c(Cl)c1. The molecule has 0 spiro atoms. The number of hydrogen-bond acceptors (Lipinski definition) is 8. The molecule has 0 atom stereocenters. The normalized spacial score (nSPS) is 11.1. The van der Waals surface area contributed by atoms with Gasteiger partial charge in [0.25, 0.3) is 0 Å². The fourth-order valence-corrected chi connectivity index (χ4v) is 5.77. The van der Waals surface area contributed by atoms with Crippen molar-refractivity contribution in [2.24, 2.45) is 0 Å². The highest BCUT2D eigenvalue weighted by molar-refractivity contribution is 8.76. The first kappa shape index (κ1) is 31.9. The molecule has 0 amide bonds. The van der Waals surface area contributed by atoms with Crippen molar-refractivity contribution >= 4 is 68.0 Å². The Morgan fingerprint density at radius 1 is 0.611 bits per heavy atom. The van der Waals surface area contributed by atoms with Gasteiger partial charge in [-0.25, -0.2) is 9.97 Å². The fraction of sp³-hybridized carbons (Fsp3) is 0.583. The van der Waals surface area contributed by atoms with Crippen molar-refractivity contribution in [2.75, 3.05) is 50.9 Å². The van der Waals surface area contributed by atoms with Gasteiger partial charge in [-0.05, 0) is 63.7 Å². The third kappa shape index (κ3) is 15.2. The van der Waals surface area contributed by atoms with E-state index in [1.165, 1.54) is 0 Å². The molecule has 0 saturated carbocycles. The molecule has 2 aromatic rings. The van der Waals surface area contributed by atoms with Crippen LogP contribution < -0.4 is 20.1 Å². The maximum atomic E-state index is 6.04. The Hall–Kier alpha value is -0.320. The molecule has 202 valence electrons. The molecular weight excluding hydrogens is 582 g/mol. The zero-order valence-corrected chi connectivity index (χ0v) is 24.9. The van der Waals surface area contributed by atoms with Gasteiger partial charge >= 0.3 is 0 Å². The van der Waals surface area contributed by atoms with E-state index in [9.17, 15) is 0 Å². The van der Waals surface area contributed by atoms with Gasteiger partial charge in [-0.2, -0.15) is 0 Å². The molecule has 36 heavy (non-hydrogen) atoms. The summed E-state index contributed by atoms with van der Waals surface area (Å²) in [4.78, 5) is 8.18. The molecule has 0 radical (unpaired) electrons. The summed E-state index contributed by atoms with van der Waals surface area (Å²) in [5, 5.41) is 8.91. The summed E-state index contributed by atoms with van der Waals surface area (Å²) in [6, 6.07) is 3.28. The Labute approximate surface area is 242 Å². The summed E-state index contributed by atoms with van der Waals surface area (Å²) in [5.41, 5.74) is 0. The van der Waals surface area contributed by atoms with E-state index < -0.39 is 0 Å². The predicted molar refractivity (Wildman–Crippen MR) is 158 cm³/mol. The highest BCUT2D eigenvalue weighted by Gasteiger charge is 2.05. The van der Waals surface area contributed by atoms with E-state index in [0.717, 1.165) is 76.2 Å². The largest absolute Gasteiger partial charge is 0.477 e. The summed E-state index contributed by atoms with van der Waals surface area (Å²) >= 11 is 23.7. The van der Waals surface area contributed by atoms with Crippen LogP contribution in [0.4, 0.5) is 0 Å². The first-order chi connectivity index (χ1) is 17.6. The molecule has 6 nitrogen and oxygen atoms in total. The van der Waals surface area contributed by atoms with Crippen molar-refractivity contribution in [1.82, 2.24) is 20.6 Å². The Balaban J connectivity index is 1.26. The Morgan fingerprint density at radius 2 is 1.06 bits per heavy atom. The molecule has 0 aliphatic rings. The molecule has 2 rings (SSSR count). The average molecular weight is 617 g/mol. The van der Waals surface area contributed by atoms with Crippen LogP contribution in [0.1, 0.15) is 38.5 Å². The lowest BCUT2D eigenvalue weighted by molar-refractivity contribution is 0.294. The van der Waals surface area contributed by atoms with E-state index >= 15 is 0 Å². The Morgan fingerprint density at radius 3 is 1.47 bits per heavy atom. The molecule has 0 aromatic carbocycles. The van der Waals surface area contributed by atoms with Crippen molar-refractivity contribution in [1.29, 1.82) is 0 Å². The minimum absolute atomic E-state index is 0.448. The van der Waals surface area contributed by atoms with Crippen molar-refractivity contribution < 1.29 is 9.47 Å². The number of rotatable bonds is 21. The van der Waals surface area contributed by atoms with Crippen LogP contribution in [0.3, 0.4) is 0 Å². The van der Waals surface area contributed by atoms with Crippen LogP contribution in [0.5, 0.6) is 11.8 Å². The van der Waals surface area contributed by atoms with Gasteiger partial charge in [0, 0.05) is 37.0 Å². The quantitative estimate of drug-likeness (QED) is 0.111. The molecule has 0 bridgehead atoms. The number of halogens is 4. The number of nitrogens with zero attached hydrogens (tertiary/aromatic N) is 2. The van der Waals surface area contributed by atoms with Gasteiger partial charge in [0.15, 0.2) is 0 Å². The fourth-order valence-electron chi connectivity index (χ4n) is 3.01. The summed E-state index contributed by atoms with van der Waals surface area (Å²) in [5.74, 6) is 3.12. The Kier molecular flexibility index (Phi) is 18.3. The van der Waals surface area contributed by atoms with Gasteiger partial charge < -0.3 is 20.1 Å². The lowest BCUT2D eigenvalue weighted by atomic mass is 10.2. The van der Waals surface area contributed by atoms with Crippen LogP contribution in [-0.4, -0.2) is 60.9 Å². The second-order valence-corrected chi connectivity index (χ2v) is 12.2. The third-order valence-corrected chi connectivity index (χ3v) is 8.19. The zero-order valence-electron chi connectivity index (χ0n) is 20.2. The van der Waals surface area contributed by atoms with Crippen LogP contribution in [-0.2, 0) is 0 Å². The molecule has 2 aromatic heterocycles. The number of aromatic nitrogens is 2.